The number of sulfonamides is 1. The highest BCUT2D eigenvalue weighted by atomic mass is 32.2. The molecule has 0 aromatic heterocycles. The maximum atomic E-state index is 12.7. The van der Waals surface area contributed by atoms with E-state index in [1.807, 2.05) is 0 Å². The van der Waals surface area contributed by atoms with Crippen molar-refractivity contribution in [3.05, 3.63) is 29.3 Å². The predicted molar refractivity (Wildman–Crippen MR) is 95.5 cm³/mol. The van der Waals surface area contributed by atoms with Gasteiger partial charge in [-0.1, -0.05) is 18.9 Å². The van der Waals surface area contributed by atoms with Crippen molar-refractivity contribution in [3.8, 4) is 0 Å². The van der Waals surface area contributed by atoms with E-state index in [1.165, 1.54) is 11.0 Å². The Kier molecular flexibility index (Phi) is 5.34. The number of carbonyl (C=O) groups is 2. The molecular formula is C18H24N2O5S. The summed E-state index contributed by atoms with van der Waals surface area (Å²) in [5.41, 5.74) is 0.763. The van der Waals surface area contributed by atoms with Gasteiger partial charge < -0.3 is 10.0 Å². The van der Waals surface area contributed by atoms with E-state index in [9.17, 15) is 23.1 Å². The fourth-order valence-corrected chi connectivity index (χ4v) is 5.36. The lowest BCUT2D eigenvalue weighted by atomic mass is 10.1. The Morgan fingerprint density at radius 3 is 2.50 bits per heavy atom. The van der Waals surface area contributed by atoms with Crippen molar-refractivity contribution in [2.24, 2.45) is 0 Å². The largest absolute Gasteiger partial charge is 0.480 e. The SMILES string of the molecule is Cc1ccc(C(=O)N2CCC[C@@H]2C(=O)O)cc1S(=O)(=O)NC1CCCC1. The molecule has 2 aliphatic rings. The number of nitrogens with one attached hydrogen (secondary N) is 1. The zero-order chi connectivity index (χ0) is 18.9. The number of carboxylic acids is 1. The summed E-state index contributed by atoms with van der Waals surface area (Å²) in [6.07, 6.45) is 4.71. The van der Waals surface area contributed by atoms with Crippen LogP contribution in [-0.2, 0) is 14.8 Å². The van der Waals surface area contributed by atoms with Crippen LogP contribution in [-0.4, -0.2) is 48.9 Å². The van der Waals surface area contributed by atoms with Crippen LogP contribution in [0, 0.1) is 6.92 Å². The Morgan fingerprint density at radius 1 is 1.15 bits per heavy atom. The van der Waals surface area contributed by atoms with Crippen LogP contribution in [0.1, 0.15) is 54.4 Å². The Balaban J connectivity index is 1.87. The lowest BCUT2D eigenvalue weighted by Crippen LogP contribution is -2.40. The zero-order valence-electron chi connectivity index (χ0n) is 14.8. The van der Waals surface area contributed by atoms with Gasteiger partial charge in [0.1, 0.15) is 6.04 Å². The summed E-state index contributed by atoms with van der Waals surface area (Å²) < 4.78 is 28.2. The summed E-state index contributed by atoms with van der Waals surface area (Å²) in [6.45, 7) is 2.06. The van der Waals surface area contributed by atoms with Gasteiger partial charge in [-0.3, -0.25) is 4.79 Å². The number of aryl methyl sites for hydroxylation is 1. The molecule has 2 fully saturated rings. The maximum absolute atomic E-state index is 12.7. The number of nitrogens with zero attached hydrogens (tertiary/aromatic N) is 1. The molecule has 26 heavy (non-hydrogen) atoms. The van der Waals surface area contributed by atoms with Gasteiger partial charge in [-0.15, -0.1) is 0 Å². The summed E-state index contributed by atoms with van der Waals surface area (Å²) in [6, 6.07) is 3.62. The number of benzene rings is 1. The van der Waals surface area contributed by atoms with Crippen LogP contribution < -0.4 is 4.72 Å². The van der Waals surface area contributed by atoms with E-state index >= 15 is 0 Å². The molecule has 2 N–H and O–H groups in total. The summed E-state index contributed by atoms with van der Waals surface area (Å²) >= 11 is 0. The molecule has 0 spiro atoms. The molecule has 1 aliphatic heterocycles. The van der Waals surface area contributed by atoms with Crippen LogP contribution >= 0.6 is 0 Å². The molecule has 0 bridgehead atoms. The third kappa shape index (κ3) is 3.76. The highest BCUT2D eigenvalue weighted by molar-refractivity contribution is 7.89. The van der Waals surface area contributed by atoms with Crippen LogP contribution in [0.2, 0.25) is 0 Å². The van der Waals surface area contributed by atoms with E-state index in [0.29, 0.717) is 24.9 Å². The molecule has 7 nitrogen and oxygen atoms in total. The van der Waals surface area contributed by atoms with Crippen molar-refractivity contribution < 1.29 is 23.1 Å². The Morgan fingerprint density at radius 2 is 1.85 bits per heavy atom. The molecule has 8 heteroatoms. The highest BCUT2D eigenvalue weighted by Gasteiger charge is 2.35. The van der Waals surface area contributed by atoms with Gasteiger partial charge in [0.2, 0.25) is 10.0 Å². The fourth-order valence-electron chi connectivity index (χ4n) is 3.78. The topological polar surface area (TPSA) is 104 Å². The number of amides is 1. The van der Waals surface area contributed by atoms with Gasteiger partial charge in [0, 0.05) is 18.2 Å². The number of hydrogen-bond donors (Lipinski definition) is 2. The van der Waals surface area contributed by atoms with Crippen LogP contribution in [0.5, 0.6) is 0 Å². The van der Waals surface area contributed by atoms with E-state index in [4.69, 9.17) is 0 Å². The molecule has 0 radical (unpaired) electrons. The van der Waals surface area contributed by atoms with Crippen molar-refractivity contribution >= 4 is 21.9 Å². The first-order valence-electron chi connectivity index (χ1n) is 8.96. The average Bonchev–Trinajstić information content (AvgIpc) is 3.25. The molecule has 1 aromatic carbocycles. The average molecular weight is 380 g/mol. The third-order valence-corrected chi connectivity index (χ3v) is 6.86. The second-order valence-corrected chi connectivity index (χ2v) is 8.76. The summed E-state index contributed by atoms with van der Waals surface area (Å²) in [5.74, 6) is -1.47. The number of carbonyl (C=O) groups excluding carboxylic acids is 1. The molecule has 3 rings (SSSR count). The zero-order valence-corrected chi connectivity index (χ0v) is 15.6. The molecule has 1 atom stereocenters. The Labute approximate surface area is 153 Å². The van der Waals surface area contributed by atoms with Crippen molar-refractivity contribution in [1.82, 2.24) is 9.62 Å². The second kappa shape index (κ2) is 7.36. The van der Waals surface area contributed by atoms with E-state index in [1.54, 1.807) is 19.1 Å². The minimum absolute atomic E-state index is 0.0614. The number of likely N-dealkylation sites (tertiary alicyclic amines) is 1. The van der Waals surface area contributed by atoms with Gasteiger partial charge in [-0.05, 0) is 50.3 Å². The van der Waals surface area contributed by atoms with Crippen LogP contribution in [0.15, 0.2) is 23.1 Å². The Hall–Kier alpha value is -1.93. The first kappa shape index (κ1) is 18.8. The summed E-state index contributed by atoms with van der Waals surface area (Å²) in [5, 5.41) is 9.27. The third-order valence-electron chi connectivity index (χ3n) is 5.20. The molecule has 1 aromatic rings. The standard InChI is InChI=1S/C18H24N2O5S/c1-12-8-9-13(17(21)20-10-4-7-15(20)18(22)23)11-16(12)26(24,25)19-14-5-2-3-6-14/h8-9,11,14-15,19H,2-7,10H2,1H3,(H,22,23)/t15-/m1/s1. The van der Waals surface area contributed by atoms with Crippen LogP contribution in [0.3, 0.4) is 0 Å². The van der Waals surface area contributed by atoms with Crippen molar-refractivity contribution in [2.75, 3.05) is 6.54 Å². The molecule has 1 aliphatic carbocycles. The monoisotopic (exact) mass is 380 g/mol. The molecule has 1 saturated carbocycles. The summed E-state index contributed by atoms with van der Waals surface area (Å²) in [4.78, 5) is 25.5. The van der Waals surface area contributed by atoms with E-state index in [-0.39, 0.29) is 16.5 Å². The number of carboxylic acid groups (broad SMARTS) is 1. The molecule has 1 saturated heterocycles. The van der Waals surface area contributed by atoms with Gasteiger partial charge >= 0.3 is 5.97 Å². The fraction of sp³-hybridized carbons (Fsp3) is 0.556. The molecular weight excluding hydrogens is 356 g/mol. The van der Waals surface area contributed by atoms with Crippen LogP contribution in [0.4, 0.5) is 0 Å². The maximum Gasteiger partial charge on any atom is 0.326 e. The lowest BCUT2D eigenvalue weighted by molar-refractivity contribution is -0.141. The van der Waals surface area contributed by atoms with Gasteiger partial charge in [-0.2, -0.15) is 0 Å². The molecule has 0 unspecified atom stereocenters. The van der Waals surface area contributed by atoms with Crippen molar-refractivity contribution in [2.45, 2.75) is 62.4 Å². The summed E-state index contributed by atoms with van der Waals surface area (Å²) in [7, 11) is -3.72. The van der Waals surface area contributed by atoms with Crippen molar-refractivity contribution in [1.29, 1.82) is 0 Å². The first-order valence-corrected chi connectivity index (χ1v) is 10.4. The van der Waals surface area contributed by atoms with E-state index < -0.39 is 27.9 Å². The number of aliphatic carboxylic acids is 1. The molecule has 142 valence electrons. The quantitative estimate of drug-likeness (QED) is 0.812. The minimum atomic E-state index is -3.72. The lowest BCUT2D eigenvalue weighted by Gasteiger charge is -2.22. The van der Waals surface area contributed by atoms with Gasteiger partial charge in [0.25, 0.3) is 5.91 Å². The minimum Gasteiger partial charge on any atom is -0.480 e. The Bertz CT molecular complexity index is 815. The van der Waals surface area contributed by atoms with Gasteiger partial charge in [0.05, 0.1) is 4.90 Å². The highest BCUT2D eigenvalue weighted by Crippen LogP contribution is 2.25. The molecule has 1 heterocycles. The molecule has 1 amide bonds. The van der Waals surface area contributed by atoms with Crippen LogP contribution in [0.25, 0.3) is 0 Å². The smallest absolute Gasteiger partial charge is 0.326 e. The van der Waals surface area contributed by atoms with Crippen molar-refractivity contribution in [3.63, 3.8) is 0 Å². The van der Waals surface area contributed by atoms with E-state index in [0.717, 1.165) is 25.7 Å². The predicted octanol–water partition coefficient (Wildman–Crippen LogP) is 1.91. The normalized spacial score (nSPS) is 21.3. The number of hydrogen-bond acceptors (Lipinski definition) is 4. The van der Waals surface area contributed by atoms with Gasteiger partial charge in [-0.25, -0.2) is 17.9 Å². The van der Waals surface area contributed by atoms with E-state index in [2.05, 4.69) is 4.72 Å². The first-order chi connectivity index (χ1) is 12.3. The van der Waals surface area contributed by atoms with Gasteiger partial charge in [0.15, 0.2) is 0 Å². The number of rotatable bonds is 5. The second-order valence-electron chi connectivity index (χ2n) is 7.08.